The lowest BCUT2D eigenvalue weighted by Crippen LogP contribution is -2.50. The summed E-state index contributed by atoms with van der Waals surface area (Å²) in [6, 6.07) is 0. The van der Waals surface area contributed by atoms with Crippen LogP contribution in [0.2, 0.25) is 0 Å². The lowest BCUT2D eigenvalue weighted by atomic mass is 10.3. The van der Waals surface area contributed by atoms with Crippen LogP contribution in [0, 0.1) is 0 Å². The molecule has 8 nitrogen and oxygen atoms in total. The Labute approximate surface area is 123 Å². The Bertz CT molecular complexity index is 607. The van der Waals surface area contributed by atoms with Crippen LogP contribution in [0.4, 0.5) is 5.82 Å². The molecule has 0 amide bonds. The first-order valence-corrected chi connectivity index (χ1v) is 8.12. The zero-order valence-corrected chi connectivity index (χ0v) is 12.7. The van der Waals surface area contributed by atoms with E-state index in [1.54, 1.807) is 13.8 Å². The molecule has 1 saturated heterocycles. The molecule has 2 rings (SSSR count). The van der Waals surface area contributed by atoms with Crippen molar-refractivity contribution in [3.63, 3.8) is 0 Å². The number of carbonyl (C=O) groups is 1. The number of anilines is 1. The first kappa shape index (κ1) is 15.6. The molecule has 21 heavy (non-hydrogen) atoms. The van der Waals surface area contributed by atoms with Crippen molar-refractivity contribution >= 4 is 21.8 Å². The van der Waals surface area contributed by atoms with E-state index in [4.69, 9.17) is 5.11 Å². The third kappa shape index (κ3) is 3.30. The normalized spacial score (nSPS) is 17.2. The molecule has 0 saturated carbocycles. The van der Waals surface area contributed by atoms with Crippen molar-refractivity contribution in [2.45, 2.75) is 19.1 Å². The van der Waals surface area contributed by atoms with E-state index in [9.17, 15) is 13.2 Å². The van der Waals surface area contributed by atoms with E-state index in [0.717, 1.165) is 0 Å². The number of carboxylic acid groups (broad SMARTS) is 1. The predicted octanol–water partition coefficient (Wildman–Crippen LogP) is 0.0350. The Morgan fingerprint density at radius 1 is 1.19 bits per heavy atom. The zero-order valence-electron chi connectivity index (χ0n) is 11.9. The minimum absolute atomic E-state index is 0.111. The van der Waals surface area contributed by atoms with Crippen LogP contribution in [0.5, 0.6) is 0 Å². The molecule has 1 aliphatic heterocycles. The van der Waals surface area contributed by atoms with Gasteiger partial charge >= 0.3 is 5.97 Å². The Kier molecular flexibility index (Phi) is 4.43. The maximum atomic E-state index is 12.1. The second kappa shape index (κ2) is 5.94. The summed E-state index contributed by atoms with van der Waals surface area (Å²) in [4.78, 5) is 20.5. The standard InChI is InChI=1S/C12H18N4O4S/c1-9(2)21(19,20)16-5-3-15(4-6-16)11-8-13-10(7-14-11)12(17)18/h7-9H,3-6H2,1-2H3,(H,17,18). The van der Waals surface area contributed by atoms with Gasteiger partial charge in [-0.2, -0.15) is 4.31 Å². The molecule has 116 valence electrons. The number of sulfonamides is 1. The second-order valence-electron chi connectivity index (χ2n) is 5.04. The lowest BCUT2D eigenvalue weighted by Gasteiger charge is -2.35. The maximum Gasteiger partial charge on any atom is 0.356 e. The fourth-order valence-electron chi connectivity index (χ4n) is 2.06. The molecule has 1 aromatic heterocycles. The van der Waals surface area contributed by atoms with Crippen LogP contribution in [0.25, 0.3) is 0 Å². The second-order valence-corrected chi connectivity index (χ2v) is 7.53. The molecule has 0 aromatic carbocycles. The summed E-state index contributed by atoms with van der Waals surface area (Å²) >= 11 is 0. The first-order valence-electron chi connectivity index (χ1n) is 6.61. The Balaban J connectivity index is 2.03. The molecule has 2 heterocycles. The molecule has 1 fully saturated rings. The average Bonchev–Trinajstić information content (AvgIpc) is 2.47. The fraction of sp³-hybridized carbons (Fsp3) is 0.583. The third-order valence-electron chi connectivity index (χ3n) is 3.38. The van der Waals surface area contributed by atoms with E-state index in [-0.39, 0.29) is 5.69 Å². The van der Waals surface area contributed by atoms with E-state index in [2.05, 4.69) is 9.97 Å². The van der Waals surface area contributed by atoms with E-state index in [1.807, 2.05) is 4.90 Å². The molecule has 1 aliphatic rings. The van der Waals surface area contributed by atoms with Crippen LogP contribution in [-0.2, 0) is 10.0 Å². The number of rotatable bonds is 4. The van der Waals surface area contributed by atoms with Crippen molar-refractivity contribution in [1.82, 2.24) is 14.3 Å². The highest BCUT2D eigenvalue weighted by Crippen LogP contribution is 2.16. The van der Waals surface area contributed by atoms with Gasteiger partial charge in [-0.1, -0.05) is 0 Å². The van der Waals surface area contributed by atoms with Crippen LogP contribution in [-0.4, -0.2) is 65.2 Å². The number of hydrogen-bond donors (Lipinski definition) is 1. The van der Waals surface area contributed by atoms with Crippen molar-refractivity contribution in [3.8, 4) is 0 Å². The van der Waals surface area contributed by atoms with Gasteiger partial charge in [0.15, 0.2) is 5.69 Å². The average molecular weight is 314 g/mol. The maximum absolute atomic E-state index is 12.1. The van der Waals surface area contributed by atoms with Gasteiger partial charge in [0.25, 0.3) is 0 Å². The van der Waals surface area contributed by atoms with Crippen molar-refractivity contribution in [3.05, 3.63) is 18.1 Å². The third-order valence-corrected chi connectivity index (χ3v) is 5.65. The van der Waals surface area contributed by atoms with Gasteiger partial charge in [0, 0.05) is 26.2 Å². The number of aromatic carboxylic acids is 1. The number of aromatic nitrogens is 2. The molecule has 1 N–H and O–H groups in total. The van der Waals surface area contributed by atoms with E-state index < -0.39 is 21.2 Å². The molecule has 9 heteroatoms. The highest BCUT2D eigenvalue weighted by atomic mass is 32.2. The molecule has 0 atom stereocenters. The smallest absolute Gasteiger partial charge is 0.356 e. The molecule has 1 aromatic rings. The summed E-state index contributed by atoms with van der Waals surface area (Å²) in [5.41, 5.74) is -0.111. The van der Waals surface area contributed by atoms with E-state index in [0.29, 0.717) is 32.0 Å². The van der Waals surface area contributed by atoms with Crippen molar-refractivity contribution in [1.29, 1.82) is 0 Å². The quantitative estimate of drug-likeness (QED) is 0.836. The fourth-order valence-corrected chi connectivity index (χ4v) is 3.33. The molecular formula is C12H18N4O4S. The summed E-state index contributed by atoms with van der Waals surface area (Å²) in [7, 11) is -3.23. The van der Waals surface area contributed by atoms with E-state index in [1.165, 1.54) is 16.7 Å². The van der Waals surface area contributed by atoms with Crippen molar-refractivity contribution in [2.75, 3.05) is 31.1 Å². The lowest BCUT2D eigenvalue weighted by molar-refractivity contribution is 0.0690. The van der Waals surface area contributed by atoms with Gasteiger partial charge in [0.2, 0.25) is 10.0 Å². The highest BCUT2D eigenvalue weighted by molar-refractivity contribution is 7.89. The van der Waals surface area contributed by atoms with Gasteiger partial charge in [0.1, 0.15) is 5.82 Å². The number of carboxylic acids is 1. The summed E-state index contributed by atoms with van der Waals surface area (Å²) in [5, 5.41) is 8.34. The minimum Gasteiger partial charge on any atom is -0.476 e. The predicted molar refractivity (Wildman–Crippen MR) is 76.8 cm³/mol. The van der Waals surface area contributed by atoms with Gasteiger partial charge in [-0.05, 0) is 13.8 Å². The first-order chi connectivity index (χ1) is 9.82. The summed E-state index contributed by atoms with van der Waals surface area (Å²) in [6.07, 6.45) is 2.60. The van der Waals surface area contributed by atoms with Crippen molar-refractivity contribution < 1.29 is 18.3 Å². The summed E-state index contributed by atoms with van der Waals surface area (Å²) in [6.45, 7) is 5.13. The van der Waals surface area contributed by atoms with Gasteiger partial charge in [-0.3, -0.25) is 0 Å². The van der Waals surface area contributed by atoms with Crippen LogP contribution in [0.15, 0.2) is 12.4 Å². The Morgan fingerprint density at radius 3 is 2.24 bits per heavy atom. The van der Waals surface area contributed by atoms with Crippen molar-refractivity contribution in [2.24, 2.45) is 0 Å². The zero-order chi connectivity index (χ0) is 15.6. The van der Waals surface area contributed by atoms with Crippen LogP contribution in [0.3, 0.4) is 0 Å². The van der Waals surface area contributed by atoms with Crippen LogP contribution >= 0.6 is 0 Å². The number of nitrogens with zero attached hydrogens (tertiary/aromatic N) is 4. The van der Waals surface area contributed by atoms with Crippen LogP contribution in [0.1, 0.15) is 24.3 Å². The Hall–Kier alpha value is -1.74. The SMILES string of the molecule is CC(C)S(=O)(=O)N1CCN(c2cnc(C(=O)O)cn2)CC1. The highest BCUT2D eigenvalue weighted by Gasteiger charge is 2.29. The van der Waals surface area contributed by atoms with Gasteiger partial charge in [-0.25, -0.2) is 23.2 Å². The number of hydrogen-bond acceptors (Lipinski definition) is 6. The summed E-state index contributed by atoms with van der Waals surface area (Å²) < 4.78 is 25.6. The van der Waals surface area contributed by atoms with Gasteiger partial charge < -0.3 is 10.0 Å². The molecule has 0 aliphatic carbocycles. The topological polar surface area (TPSA) is 104 Å². The minimum atomic E-state index is -3.23. The molecular weight excluding hydrogens is 296 g/mol. The largest absolute Gasteiger partial charge is 0.476 e. The molecule has 0 unspecified atom stereocenters. The van der Waals surface area contributed by atoms with E-state index >= 15 is 0 Å². The molecule has 0 radical (unpaired) electrons. The van der Waals surface area contributed by atoms with Gasteiger partial charge in [-0.15, -0.1) is 0 Å². The summed E-state index contributed by atoms with van der Waals surface area (Å²) in [5.74, 6) is -0.566. The van der Waals surface area contributed by atoms with Crippen LogP contribution < -0.4 is 4.90 Å². The molecule has 0 spiro atoms. The molecule has 0 bridgehead atoms. The number of piperazine rings is 1. The monoisotopic (exact) mass is 314 g/mol. The Morgan fingerprint density at radius 2 is 1.81 bits per heavy atom. The van der Waals surface area contributed by atoms with Gasteiger partial charge in [0.05, 0.1) is 17.6 Å².